The molecule has 0 amide bonds. The fourth-order valence-corrected chi connectivity index (χ4v) is 1.25. The van der Waals surface area contributed by atoms with Crippen LogP contribution in [0, 0.1) is 11.6 Å². The number of rotatable bonds is 4. The summed E-state index contributed by atoms with van der Waals surface area (Å²) in [6.07, 6.45) is -0.460. The summed E-state index contributed by atoms with van der Waals surface area (Å²) in [7, 11) is 0. The highest BCUT2D eigenvalue weighted by Gasteiger charge is 2.09. The number of halogens is 2. The Hall–Kier alpha value is -1.00. The lowest BCUT2D eigenvalue weighted by molar-refractivity contribution is 0.187. The third-order valence-corrected chi connectivity index (χ3v) is 2.16. The zero-order chi connectivity index (χ0) is 11.4. The fourth-order valence-electron chi connectivity index (χ4n) is 1.25. The van der Waals surface area contributed by atoms with Crippen LogP contribution in [0.15, 0.2) is 18.2 Å². The van der Waals surface area contributed by atoms with E-state index in [9.17, 15) is 8.78 Å². The molecule has 0 aromatic heterocycles. The largest absolute Gasteiger partial charge is 0.392 e. The van der Waals surface area contributed by atoms with Gasteiger partial charge in [0.05, 0.1) is 6.10 Å². The molecule has 0 saturated carbocycles. The summed E-state index contributed by atoms with van der Waals surface area (Å²) < 4.78 is 25.5. The Morgan fingerprint density at radius 2 is 1.93 bits per heavy atom. The molecule has 1 aromatic rings. The van der Waals surface area contributed by atoms with Crippen LogP contribution < -0.4 is 5.32 Å². The van der Waals surface area contributed by atoms with E-state index >= 15 is 0 Å². The number of benzene rings is 1. The minimum atomic E-state index is -0.849. The van der Waals surface area contributed by atoms with Gasteiger partial charge in [0.15, 0.2) is 11.6 Å². The second-order valence-corrected chi connectivity index (χ2v) is 3.65. The van der Waals surface area contributed by atoms with Crippen molar-refractivity contribution in [1.82, 2.24) is 5.32 Å². The number of nitrogens with one attached hydrogen (secondary N) is 1. The van der Waals surface area contributed by atoms with Crippen molar-refractivity contribution in [1.29, 1.82) is 0 Å². The predicted octanol–water partition coefficient (Wildman–Crippen LogP) is 2.00. The first-order valence-corrected chi connectivity index (χ1v) is 4.87. The van der Waals surface area contributed by atoms with Gasteiger partial charge in [0.25, 0.3) is 0 Å². The van der Waals surface area contributed by atoms with Gasteiger partial charge >= 0.3 is 0 Å². The van der Waals surface area contributed by atoms with E-state index in [1.54, 1.807) is 6.92 Å². The Morgan fingerprint density at radius 1 is 1.27 bits per heavy atom. The molecule has 0 bridgehead atoms. The van der Waals surface area contributed by atoms with Gasteiger partial charge < -0.3 is 10.4 Å². The Bertz CT molecular complexity index is 328. The molecule has 2 nitrogen and oxygen atoms in total. The standard InChI is InChI=1S/C11H15F2NO/c1-7(15)6-14-8(2)9-3-4-10(12)11(13)5-9/h3-5,7-8,14-15H,6H2,1-2H3/t7-,8+/m1/s1. The Labute approximate surface area is 87.9 Å². The highest BCUT2D eigenvalue weighted by molar-refractivity contribution is 5.20. The lowest BCUT2D eigenvalue weighted by atomic mass is 10.1. The van der Waals surface area contributed by atoms with Crippen LogP contribution in [-0.4, -0.2) is 17.8 Å². The maximum absolute atomic E-state index is 12.9. The second-order valence-electron chi connectivity index (χ2n) is 3.65. The van der Waals surface area contributed by atoms with Gasteiger partial charge in [-0.3, -0.25) is 0 Å². The molecule has 0 aliphatic carbocycles. The summed E-state index contributed by atoms with van der Waals surface area (Å²) in [5.74, 6) is -1.69. The molecular formula is C11H15F2NO. The fraction of sp³-hybridized carbons (Fsp3) is 0.455. The van der Waals surface area contributed by atoms with Crippen LogP contribution in [0.5, 0.6) is 0 Å². The van der Waals surface area contributed by atoms with Crippen LogP contribution in [0.25, 0.3) is 0 Å². The lowest BCUT2D eigenvalue weighted by Crippen LogP contribution is -2.27. The van der Waals surface area contributed by atoms with Crippen molar-refractivity contribution in [2.24, 2.45) is 0 Å². The van der Waals surface area contributed by atoms with Gasteiger partial charge in [-0.25, -0.2) is 8.78 Å². The molecule has 1 aromatic carbocycles. The molecule has 1 rings (SSSR count). The molecule has 2 atom stereocenters. The molecule has 84 valence electrons. The van der Waals surface area contributed by atoms with E-state index in [0.29, 0.717) is 12.1 Å². The zero-order valence-electron chi connectivity index (χ0n) is 8.80. The maximum atomic E-state index is 12.9. The van der Waals surface area contributed by atoms with Crippen molar-refractivity contribution in [3.05, 3.63) is 35.4 Å². The molecular weight excluding hydrogens is 200 g/mol. The van der Waals surface area contributed by atoms with Crippen LogP contribution in [0.1, 0.15) is 25.5 Å². The van der Waals surface area contributed by atoms with Crippen LogP contribution >= 0.6 is 0 Å². The van der Waals surface area contributed by atoms with Crippen molar-refractivity contribution in [3.8, 4) is 0 Å². The minimum Gasteiger partial charge on any atom is -0.392 e. The first-order chi connectivity index (χ1) is 7.00. The first-order valence-electron chi connectivity index (χ1n) is 4.87. The van der Waals surface area contributed by atoms with Crippen LogP contribution in [-0.2, 0) is 0 Å². The van der Waals surface area contributed by atoms with Gasteiger partial charge in [0.2, 0.25) is 0 Å². The topological polar surface area (TPSA) is 32.3 Å². The normalized spacial score (nSPS) is 15.0. The third-order valence-electron chi connectivity index (χ3n) is 2.16. The third kappa shape index (κ3) is 3.57. The molecule has 0 fully saturated rings. The van der Waals surface area contributed by atoms with Crippen LogP contribution in [0.4, 0.5) is 8.78 Å². The van der Waals surface area contributed by atoms with Crippen LogP contribution in [0.3, 0.4) is 0 Å². The summed E-state index contributed by atoms with van der Waals surface area (Å²) in [4.78, 5) is 0. The van der Waals surface area contributed by atoms with E-state index in [2.05, 4.69) is 5.32 Å². The molecule has 0 spiro atoms. The van der Waals surface area contributed by atoms with E-state index in [4.69, 9.17) is 5.11 Å². The summed E-state index contributed by atoms with van der Waals surface area (Å²) >= 11 is 0. The number of aliphatic hydroxyl groups excluding tert-OH is 1. The van der Waals surface area contributed by atoms with Crippen molar-refractivity contribution >= 4 is 0 Å². The second kappa shape index (κ2) is 5.19. The van der Waals surface area contributed by atoms with Gasteiger partial charge in [0, 0.05) is 12.6 Å². The molecule has 0 saturated heterocycles. The zero-order valence-corrected chi connectivity index (χ0v) is 8.80. The Kier molecular flexibility index (Phi) is 4.17. The van der Waals surface area contributed by atoms with E-state index in [0.717, 1.165) is 12.1 Å². The minimum absolute atomic E-state index is 0.116. The average Bonchev–Trinajstić information content (AvgIpc) is 2.18. The predicted molar refractivity (Wildman–Crippen MR) is 54.5 cm³/mol. The highest BCUT2D eigenvalue weighted by atomic mass is 19.2. The molecule has 2 N–H and O–H groups in total. The Morgan fingerprint density at radius 3 is 2.47 bits per heavy atom. The van der Waals surface area contributed by atoms with Gasteiger partial charge in [0.1, 0.15) is 0 Å². The summed E-state index contributed by atoms with van der Waals surface area (Å²) in [6.45, 7) is 3.90. The Balaban J connectivity index is 2.65. The molecule has 0 unspecified atom stereocenters. The lowest BCUT2D eigenvalue weighted by Gasteiger charge is -2.15. The van der Waals surface area contributed by atoms with Crippen LogP contribution in [0.2, 0.25) is 0 Å². The molecule has 0 aliphatic heterocycles. The van der Waals surface area contributed by atoms with Gasteiger partial charge in [-0.2, -0.15) is 0 Å². The molecule has 0 aliphatic rings. The smallest absolute Gasteiger partial charge is 0.159 e. The van der Waals surface area contributed by atoms with Gasteiger partial charge in [-0.1, -0.05) is 6.07 Å². The molecule has 15 heavy (non-hydrogen) atoms. The van der Waals surface area contributed by atoms with Gasteiger partial charge in [-0.05, 0) is 31.5 Å². The average molecular weight is 215 g/mol. The summed E-state index contributed by atoms with van der Waals surface area (Å²) in [5.41, 5.74) is 0.662. The number of hydrogen-bond acceptors (Lipinski definition) is 2. The summed E-state index contributed by atoms with van der Waals surface area (Å²) in [5, 5.41) is 12.1. The van der Waals surface area contributed by atoms with Crippen molar-refractivity contribution < 1.29 is 13.9 Å². The van der Waals surface area contributed by atoms with E-state index in [-0.39, 0.29) is 6.04 Å². The number of aliphatic hydroxyl groups is 1. The van der Waals surface area contributed by atoms with E-state index in [1.165, 1.54) is 6.07 Å². The van der Waals surface area contributed by atoms with Crippen molar-refractivity contribution in [3.63, 3.8) is 0 Å². The summed E-state index contributed by atoms with van der Waals surface area (Å²) in [6, 6.07) is 3.67. The SMILES string of the molecule is C[C@H](NC[C@@H](C)O)c1ccc(F)c(F)c1. The van der Waals surface area contributed by atoms with Crippen molar-refractivity contribution in [2.45, 2.75) is 26.0 Å². The van der Waals surface area contributed by atoms with Gasteiger partial charge in [-0.15, -0.1) is 0 Å². The monoisotopic (exact) mass is 215 g/mol. The first kappa shape index (κ1) is 12.1. The molecule has 0 heterocycles. The molecule has 0 radical (unpaired) electrons. The molecule has 4 heteroatoms. The van der Waals surface area contributed by atoms with Crippen molar-refractivity contribution in [2.75, 3.05) is 6.54 Å². The van der Waals surface area contributed by atoms with E-state index < -0.39 is 17.7 Å². The van der Waals surface area contributed by atoms with E-state index in [1.807, 2.05) is 6.92 Å². The quantitative estimate of drug-likeness (QED) is 0.805. The maximum Gasteiger partial charge on any atom is 0.159 e. The highest BCUT2D eigenvalue weighted by Crippen LogP contribution is 2.15. The number of hydrogen-bond donors (Lipinski definition) is 2.